The number of benzene rings is 1. The van der Waals surface area contributed by atoms with Crippen molar-refractivity contribution in [3.05, 3.63) is 52.3 Å². The Kier molecular flexibility index (Phi) is 5.54. The molecular weight excluding hydrogens is 355 g/mol. The number of nitro benzene ring substituents is 1. The van der Waals surface area contributed by atoms with E-state index < -0.39 is 35.0 Å². The van der Waals surface area contributed by atoms with Gasteiger partial charge in [0, 0.05) is 24.0 Å². The summed E-state index contributed by atoms with van der Waals surface area (Å²) in [5.74, 6) is 2.14. The van der Waals surface area contributed by atoms with Gasteiger partial charge in [-0.05, 0) is 17.7 Å². The number of halogens is 3. The molecule has 7 nitrogen and oxygen atoms in total. The molecule has 0 atom stereocenters. The molecule has 1 aromatic heterocycles. The van der Waals surface area contributed by atoms with E-state index in [-0.39, 0.29) is 11.1 Å². The van der Waals surface area contributed by atoms with Crippen molar-refractivity contribution >= 4 is 17.3 Å². The fraction of sp³-hybridized carbons (Fsp3) is 0.125. The average molecular weight is 365 g/mol. The van der Waals surface area contributed by atoms with Crippen LogP contribution in [0, 0.1) is 22.0 Å². The fourth-order valence-electron chi connectivity index (χ4n) is 2.02. The van der Waals surface area contributed by atoms with E-state index in [2.05, 4.69) is 16.8 Å². The van der Waals surface area contributed by atoms with Crippen LogP contribution in [0.15, 0.2) is 36.7 Å². The number of hydrogen-bond donors (Lipinski definition) is 2. The van der Waals surface area contributed by atoms with Crippen molar-refractivity contribution in [3.63, 3.8) is 0 Å². The van der Waals surface area contributed by atoms with Gasteiger partial charge in [-0.1, -0.05) is 17.9 Å². The van der Waals surface area contributed by atoms with Crippen molar-refractivity contribution in [2.24, 2.45) is 0 Å². The molecule has 0 fully saturated rings. The summed E-state index contributed by atoms with van der Waals surface area (Å²) in [4.78, 5) is 25.5. The lowest BCUT2D eigenvalue weighted by atomic mass is 10.0. The molecule has 1 heterocycles. The highest BCUT2D eigenvalue weighted by Crippen LogP contribution is 2.35. The quantitative estimate of drug-likeness (QED) is 0.494. The summed E-state index contributed by atoms with van der Waals surface area (Å²) in [7, 11) is 0. The van der Waals surface area contributed by atoms with Gasteiger partial charge in [-0.2, -0.15) is 13.2 Å². The molecule has 0 aliphatic rings. The first-order valence-corrected chi connectivity index (χ1v) is 6.94. The van der Waals surface area contributed by atoms with Gasteiger partial charge in [0.1, 0.15) is 12.3 Å². The molecule has 2 rings (SSSR count). The predicted octanol–water partition coefficient (Wildman–Crippen LogP) is 2.50. The third kappa shape index (κ3) is 4.34. The molecule has 134 valence electrons. The molecular formula is C16H10F3N3O4. The van der Waals surface area contributed by atoms with Gasteiger partial charge >= 0.3 is 12.1 Å². The van der Waals surface area contributed by atoms with E-state index >= 15 is 0 Å². The summed E-state index contributed by atoms with van der Waals surface area (Å²) >= 11 is 0. The molecule has 0 aliphatic carbocycles. The summed E-state index contributed by atoms with van der Waals surface area (Å²) in [6, 6.07) is 5.43. The number of pyridine rings is 1. The zero-order chi connectivity index (χ0) is 19.3. The van der Waals surface area contributed by atoms with Crippen molar-refractivity contribution in [2.45, 2.75) is 6.18 Å². The van der Waals surface area contributed by atoms with E-state index in [9.17, 15) is 28.1 Å². The number of hydrogen-bond acceptors (Lipinski definition) is 5. The van der Waals surface area contributed by atoms with E-state index in [1.807, 2.05) is 0 Å². The molecule has 26 heavy (non-hydrogen) atoms. The maximum absolute atomic E-state index is 12.5. The van der Waals surface area contributed by atoms with Crippen LogP contribution in [-0.4, -0.2) is 33.7 Å². The number of nitrogens with zero attached hydrogens (tertiary/aromatic N) is 2. The van der Waals surface area contributed by atoms with Gasteiger partial charge in [-0.15, -0.1) is 0 Å². The zero-order valence-corrected chi connectivity index (χ0v) is 12.9. The van der Waals surface area contributed by atoms with Gasteiger partial charge in [0.2, 0.25) is 0 Å². The molecule has 0 bridgehead atoms. The van der Waals surface area contributed by atoms with E-state index in [4.69, 9.17) is 5.11 Å². The number of amides is 1. The first kappa shape index (κ1) is 18.9. The Balaban J connectivity index is 2.68. The molecule has 0 saturated carbocycles. The van der Waals surface area contributed by atoms with Crippen molar-refractivity contribution in [1.29, 1.82) is 0 Å². The number of alkyl halides is 3. The highest BCUT2D eigenvalue weighted by atomic mass is 19.4. The van der Waals surface area contributed by atoms with Crippen LogP contribution in [-0.2, 0) is 4.79 Å². The van der Waals surface area contributed by atoms with Gasteiger partial charge in [0.05, 0.1) is 10.5 Å². The van der Waals surface area contributed by atoms with Gasteiger partial charge in [0.25, 0.3) is 5.69 Å². The monoisotopic (exact) mass is 365 g/mol. The van der Waals surface area contributed by atoms with Gasteiger partial charge in [0.15, 0.2) is 0 Å². The first-order chi connectivity index (χ1) is 12.2. The average Bonchev–Trinajstić information content (AvgIpc) is 2.60. The predicted molar refractivity (Wildman–Crippen MR) is 85.0 cm³/mol. The van der Waals surface area contributed by atoms with Crippen molar-refractivity contribution < 1.29 is 28.0 Å². The summed E-state index contributed by atoms with van der Waals surface area (Å²) in [6.07, 6.45) is -2.36. The molecule has 1 aromatic carbocycles. The molecule has 0 unspecified atom stereocenters. The van der Waals surface area contributed by atoms with E-state index in [1.54, 1.807) is 12.1 Å². The van der Waals surface area contributed by atoms with Crippen LogP contribution in [0.1, 0.15) is 5.56 Å². The Labute approximate surface area is 144 Å². The van der Waals surface area contributed by atoms with Crippen LogP contribution < -0.4 is 5.32 Å². The Morgan fingerprint density at radius 2 is 2.08 bits per heavy atom. The maximum Gasteiger partial charge on any atom is 0.471 e. The highest BCUT2D eigenvalue weighted by Gasteiger charge is 2.40. The minimum absolute atomic E-state index is 0.246. The lowest BCUT2D eigenvalue weighted by Gasteiger charge is -2.12. The molecule has 2 N–H and O–H groups in total. The topological polar surface area (TPSA) is 105 Å². The first-order valence-electron chi connectivity index (χ1n) is 6.94. The SMILES string of the molecule is O=C(Nc1c(C#CCO)cc(-c2cccnc2)cc1[N+](=O)[O-])C(F)(F)F. The Hall–Kier alpha value is -3.45. The summed E-state index contributed by atoms with van der Waals surface area (Å²) in [6.45, 7) is -0.627. The summed E-state index contributed by atoms with van der Waals surface area (Å²) < 4.78 is 37.6. The molecule has 0 aliphatic heterocycles. The lowest BCUT2D eigenvalue weighted by Crippen LogP contribution is -2.30. The number of aliphatic hydroxyl groups excluding tert-OH is 1. The second-order valence-corrected chi connectivity index (χ2v) is 4.83. The van der Waals surface area contributed by atoms with Crippen molar-refractivity contribution in [3.8, 4) is 23.0 Å². The van der Waals surface area contributed by atoms with Gasteiger partial charge in [-0.3, -0.25) is 19.9 Å². The summed E-state index contributed by atoms with van der Waals surface area (Å²) in [5.41, 5.74) is -1.00. The molecule has 2 aromatic rings. The number of nitro groups is 1. The third-order valence-corrected chi connectivity index (χ3v) is 3.11. The standard InChI is InChI=1S/C16H10F3N3O4/c17-16(18,19)15(24)21-14-10(4-2-6-23)7-12(8-13(14)22(25)26)11-3-1-5-20-9-11/h1,3,5,7-9,23H,6H2,(H,21,24). The molecule has 0 radical (unpaired) electrons. The number of rotatable bonds is 3. The number of aliphatic hydroxyl groups is 1. The Morgan fingerprint density at radius 3 is 2.62 bits per heavy atom. The zero-order valence-electron chi connectivity index (χ0n) is 12.9. The van der Waals surface area contributed by atoms with Gasteiger partial charge < -0.3 is 10.4 Å². The van der Waals surface area contributed by atoms with Crippen LogP contribution in [0.25, 0.3) is 11.1 Å². The number of anilines is 1. The molecule has 1 amide bonds. The molecule has 0 spiro atoms. The normalized spacial score (nSPS) is 10.6. The van der Waals surface area contributed by atoms with Crippen molar-refractivity contribution in [1.82, 2.24) is 4.98 Å². The van der Waals surface area contributed by atoms with Crippen LogP contribution in [0.2, 0.25) is 0 Å². The fourth-order valence-corrected chi connectivity index (χ4v) is 2.02. The second-order valence-electron chi connectivity index (χ2n) is 4.83. The van der Waals surface area contributed by atoms with Crippen LogP contribution in [0.4, 0.5) is 24.5 Å². The van der Waals surface area contributed by atoms with E-state index in [0.29, 0.717) is 5.56 Å². The maximum atomic E-state index is 12.5. The van der Waals surface area contributed by atoms with Gasteiger partial charge in [-0.25, -0.2) is 0 Å². The number of carbonyl (C=O) groups excluding carboxylic acids is 1. The highest BCUT2D eigenvalue weighted by molar-refractivity contribution is 5.99. The van der Waals surface area contributed by atoms with Crippen molar-refractivity contribution in [2.75, 3.05) is 11.9 Å². The third-order valence-electron chi connectivity index (χ3n) is 3.11. The second kappa shape index (κ2) is 7.62. The summed E-state index contributed by atoms with van der Waals surface area (Å²) in [5, 5.41) is 21.6. The smallest absolute Gasteiger partial charge is 0.384 e. The number of aromatic nitrogens is 1. The molecule has 10 heteroatoms. The van der Waals surface area contributed by atoms with Crippen LogP contribution in [0.3, 0.4) is 0 Å². The Bertz CT molecular complexity index is 903. The molecule has 0 saturated heterocycles. The minimum atomic E-state index is -5.24. The van der Waals surface area contributed by atoms with E-state index in [0.717, 1.165) is 6.07 Å². The largest absolute Gasteiger partial charge is 0.471 e. The van der Waals surface area contributed by atoms with E-state index in [1.165, 1.54) is 23.8 Å². The minimum Gasteiger partial charge on any atom is -0.384 e. The number of carbonyl (C=O) groups is 1. The Morgan fingerprint density at radius 1 is 1.35 bits per heavy atom. The van der Waals surface area contributed by atoms with Crippen LogP contribution >= 0.6 is 0 Å². The lowest BCUT2D eigenvalue weighted by molar-refractivity contribution is -0.383. The van der Waals surface area contributed by atoms with Crippen LogP contribution in [0.5, 0.6) is 0 Å². The number of nitrogens with one attached hydrogen (secondary N) is 1.